The van der Waals surface area contributed by atoms with E-state index in [0.717, 1.165) is 5.92 Å². The zero-order valence-electron chi connectivity index (χ0n) is 11.4. The van der Waals surface area contributed by atoms with E-state index < -0.39 is 0 Å². The smallest absolute Gasteiger partial charge is 0.105 e. The molecule has 1 spiro atoms. The fourth-order valence-electron chi connectivity index (χ4n) is 4.32. The summed E-state index contributed by atoms with van der Waals surface area (Å²) >= 11 is 2.58. The van der Waals surface area contributed by atoms with E-state index in [1.165, 1.54) is 35.7 Å². The molecular formula is C15H23IO. The first-order valence-electron chi connectivity index (χ1n) is 6.87. The number of hydrogen-bond donors (Lipinski definition) is 0. The average Bonchev–Trinajstić information content (AvgIpc) is 2.49. The van der Waals surface area contributed by atoms with Crippen molar-refractivity contribution in [2.24, 2.45) is 11.3 Å². The first kappa shape index (κ1) is 12.5. The van der Waals surface area contributed by atoms with Crippen LogP contribution in [-0.2, 0) is 4.74 Å². The maximum absolute atomic E-state index is 6.68. The van der Waals surface area contributed by atoms with E-state index in [0.29, 0.717) is 5.41 Å². The molecule has 2 fully saturated rings. The van der Waals surface area contributed by atoms with Gasteiger partial charge in [-0.3, -0.25) is 0 Å². The van der Waals surface area contributed by atoms with E-state index in [1.807, 2.05) is 0 Å². The topological polar surface area (TPSA) is 9.23 Å². The molecule has 0 aromatic heterocycles. The second kappa shape index (κ2) is 3.50. The molecule has 1 aliphatic heterocycles. The molecule has 1 nitrogen and oxygen atoms in total. The van der Waals surface area contributed by atoms with Gasteiger partial charge in [0.05, 0.1) is 5.60 Å². The van der Waals surface area contributed by atoms with Crippen LogP contribution < -0.4 is 0 Å². The molecule has 1 saturated heterocycles. The van der Waals surface area contributed by atoms with Gasteiger partial charge in [-0.1, -0.05) is 12.5 Å². The minimum Gasteiger partial charge on any atom is -0.363 e. The lowest BCUT2D eigenvalue weighted by atomic mass is 9.57. The first-order valence-corrected chi connectivity index (χ1v) is 7.95. The fraction of sp³-hybridized carbons (Fsp3) is 0.867. The van der Waals surface area contributed by atoms with E-state index in [-0.39, 0.29) is 11.2 Å². The molecule has 1 heterocycles. The Labute approximate surface area is 119 Å². The highest BCUT2D eigenvalue weighted by Gasteiger charge is 2.64. The van der Waals surface area contributed by atoms with Gasteiger partial charge in [0, 0.05) is 8.99 Å². The Morgan fingerprint density at radius 3 is 2.65 bits per heavy atom. The van der Waals surface area contributed by atoms with Crippen molar-refractivity contribution in [1.29, 1.82) is 0 Å². The molecule has 2 heteroatoms. The predicted octanol–water partition coefficient (Wildman–Crippen LogP) is 4.84. The standard InChI is InChI=1S/C15H23IO/c1-10-5-7-14(4)8-6-11-9-15(14,12(10)16)17-13(11,2)3/h11H,5-9H2,1-4H3/t11-,14+,15+/m1/s1. The minimum absolute atomic E-state index is 0.0578. The number of fused-ring (bicyclic) bond motifs is 1. The molecule has 2 aliphatic carbocycles. The van der Waals surface area contributed by atoms with Crippen LogP contribution in [0.1, 0.15) is 59.8 Å². The van der Waals surface area contributed by atoms with Crippen LogP contribution in [0.15, 0.2) is 9.15 Å². The summed E-state index contributed by atoms with van der Waals surface area (Å²) in [7, 11) is 0. The summed E-state index contributed by atoms with van der Waals surface area (Å²) in [6.07, 6.45) is 6.54. The van der Waals surface area contributed by atoms with Crippen molar-refractivity contribution >= 4 is 22.6 Å². The van der Waals surface area contributed by atoms with Gasteiger partial charge in [-0.25, -0.2) is 0 Å². The van der Waals surface area contributed by atoms with Gasteiger partial charge in [-0.05, 0) is 81.4 Å². The molecule has 0 radical (unpaired) electrons. The van der Waals surface area contributed by atoms with Crippen LogP contribution >= 0.6 is 22.6 Å². The molecule has 96 valence electrons. The lowest BCUT2D eigenvalue weighted by Gasteiger charge is -2.52. The zero-order chi connectivity index (χ0) is 12.5. The Bertz CT molecular complexity index is 398. The Kier molecular flexibility index (Phi) is 2.57. The molecule has 1 saturated carbocycles. The van der Waals surface area contributed by atoms with Crippen molar-refractivity contribution in [3.8, 4) is 0 Å². The third kappa shape index (κ3) is 1.46. The monoisotopic (exact) mass is 346 g/mol. The van der Waals surface area contributed by atoms with Crippen molar-refractivity contribution < 1.29 is 4.74 Å². The van der Waals surface area contributed by atoms with Crippen molar-refractivity contribution in [3.05, 3.63) is 9.15 Å². The van der Waals surface area contributed by atoms with Crippen molar-refractivity contribution in [2.75, 3.05) is 0 Å². The molecule has 0 amide bonds. The van der Waals surface area contributed by atoms with Gasteiger partial charge in [0.25, 0.3) is 0 Å². The van der Waals surface area contributed by atoms with E-state index in [1.54, 1.807) is 5.57 Å². The van der Waals surface area contributed by atoms with E-state index in [4.69, 9.17) is 4.74 Å². The Balaban J connectivity index is 2.14. The second-order valence-electron chi connectivity index (χ2n) is 7.13. The summed E-state index contributed by atoms with van der Waals surface area (Å²) in [6, 6.07) is 0. The van der Waals surface area contributed by atoms with Gasteiger partial charge in [-0.2, -0.15) is 0 Å². The molecule has 2 bridgehead atoms. The van der Waals surface area contributed by atoms with E-state index in [2.05, 4.69) is 50.3 Å². The Morgan fingerprint density at radius 2 is 1.94 bits per heavy atom. The maximum Gasteiger partial charge on any atom is 0.105 e. The van der Waals surface area contributed by atoms with Gasteiger partial charge in [-0.15, -0.1) is 0 Å². The molecule has 0 N–H and O–H groups in total. The molecule has 3 aliphatic rings. The number of hydrogen-bond acceptors (Lipinski definition) is 1. The Hall–Kier alpha value is 0.430. The molecular weight excluding hydrogens is 323 g/mol. The number of allylic oxidation sites excluding steroid dienone is 1. The van der Waals surface area contributed by atoms with Crippen LogP contribution in [0, 0.1) is 11.3 Å². The summed E-state index contributed by atoms with van der Waals surface area (Å²) < 4.78 is 8.21. The maximum atomic E-state index is 6.68. The molecule has 3 atom stereocenters. The van der Waals surface area contributed by atoms with Crippen LogP contribution in [0.2, 0.25) is 0 Å². The summed E-state index contributed by atoms with van der Waals surface area (Å²) in [4.78, 5) is 0. The number of halogens is 1. The van der Waals surface area contributed by atoms with Crippen molar-refractivity contribution in [1.82, 2.24) is 0 Å². The van der Waals surface area contributed by atoms with Gasteiger partial charge in [0.2, 0.25) is 0 Å². The second-order valence-corrected chi connectivity index (χ2v) is 8.21. The van der Waals surface area contributed by atoms with Crippen LogP contribution in [0.4, 0.5) is 0 Å². The summed E-state index contributed by atoms with van der Waals surface area (Å²) in [6.45, 7) is 9.36. The van der Waals surface area contributed by atoms with Gasteiger partial charge in [0.15, 0.2) is 0 Å². The third-order valence-corrected chi connectivity index (χ3v) is 7.55. The lowest BCUT2D eigenvalue weighted by Crippen LogP contribution is -2.51. The SMILES string of the molecule is CC1=C(I)[C@@]23C[C@@H](CC[C@]2(C)CC1)C(C)(C)O3. The lowest BCUT2D eigenvalue weighted by molar-refractivity contribution is -0.125. The van der Waals surface area contributed by atoms with Crippen LogP contribution in [0.3, 0.4) is 0 Å². The summed E-state index contributed by atoms with van der Waals surface area (Å²) in [5.41, 5.74) is 2.09. The number of rotatable bonds is 0. The molecule has 0 aromatic carbocycles. The quantitative estimate of drug-likeness (QED) is 0.570. The molecule has 3 rings (SSSR count). The van der Waals surface area contributed by atoms with Crippen molar-refractivity contribution in [3.63, 3.8) is 0 Å². The highest BCUT2D eigenvalue weighted by Crippen LogP contribution is 2.66. The van der Waals surface area contributed by atoms with Gasteiger partial charge in [0.1, 0.15) is 5.60 Å². The first-order chi connectivity index (χ1) is 7.81. The van der Waals surface area contributed by atoms with Crippen molar-refractivity contribution in [2.45, 2.75) is 71.0 Å². The molecule has 0 unspecified atom stereocenters. The molecule has 17 heavy (non-hydrogen) atoms. The third-order valence-electron chi connectivity index (χ3n) is 5.75. The van der Waals surface area contributed by atoms with E-state index in [9.17, 15) is 0 Å². The Morgan fingerprint density at radius 1 is 1.24 bits per heavy atom. The highest BCUT2D eigenvalue weighted by molar-refractivity contribution is 14.1. The van der Waals surface area contributed by atoms with Crippen LogP contribution in [-0.4, -0.2) is 11.2 Å². The van der Waals surface area contributed by atoms with Gasteiger partial charge < -0.3 is 4.74 Å². The average molecular weight is 346 g/mol. The van der Waals surface area contributed by atoms with Crippen LogP contribution in [0.25, 0.3) is 0 Å². The fourth-order valence-corrected chi connectivity index (χ4v) is 5.58. The summed E-state index contributed by atoms with van der Waals surface area (Å²) in [5.74, 6) is 0.756. The largest absolute Gasteiger partial charge is 0.363 e. The highest BCUT2D eigenvalue weighted by atomic mass is 127. The number of ether oxygens (including phenoxy) is 1. The predicted molar refractivity (Wildman–Crippen MR) is 79.3 cm³/mol. The summed E-state index contributed by atoms with van der Waals surface area (Å²) in [5, 5.41) is 0. The molecule has 0 aromatic rings. The van der Waals surface area contributed by atoms with Gasteiger partial charge >= 0.3 is 0 Å². The normalized spacial score (nSPS) is 48.2. The minimum atomic E-state index is 0.0578. The van der Waals surface area contributed by atoms with Crippen LogP contribution in [0.5, 0.6) is 0 Å². The zero-order valence-corrected chi connectivity index (χ0v) is 13.6. The van der Waals surface area contributed by atoms with E-state index >= 15 is 0 Å².